The molecule has 0 aliphatic heterocycles. The predicted octanol–water partition coefficient (Wildman–Crippen LogP) is 1.49. The highest BCUT2D eigenvalue weighted by Crippen LogP contribution is 2.05. The van der Waals surface area contributed by atoms with Crippen molar-refractivity contribution in [3.8, 4) is 0 Å². The summed E-state index contributed by atoms with van der Waals surface area (Å²) in [4.78, 5) is 11.2. The lowest BCUT2D eigenvalue weighted by atomic mass is 10.2. The van der Waals surface area contributed by atoms with Crippen LogP contribution in [0.3, 0.4) is 0 Å². The number of esters is 1. The summed E-state index contributed by atoms with van der Waals surface area (Å²) in [5.41, 5.74) is 6.32. The molecule has 2 N–H and O–H groups in total. The zero-order chi connectivity index (χ0) is 10.4. The number of nitrogens with two attached hydrogens (primary N) is 1. The molecule has 0 fully saturated rings. The van der Waals surface area contributed by atoms with Crippen LogP contribution in [0.4, 0.5) is 0 Å². The van der Waals surface area contributed by atoms with Gasteiger partial charge in [0.1, 0.15) is 10.5 Å². The third kappa shape index (κ3) is 3.63. The summed E-state index contributed by atoms with van der Waals surface area (Å²) >= 11 is 1.97. The van der Waals surface area contributed by atoms with Gasteiger partial charge >= 0.3 is 5.97 Å². The molecule has 0 aliphatic carbocycles. The van der Waals surface area contributed by atoms with Crippen molar-refractivity contribution in [1.29, 1.82) is 0 Å². The Morgan fingerprint density at radius 1 is 1.43 bits per heavy atom. The summed E-state index contributed by atoms with van der Waals surface area (Å²) in [7, 11) is 0. The predicted molar refractivity (Wildman–Crippen MR) is 63.1 cm³/mol. The van der Waals surface area contributed by atoms with E-state index >= 15 is 0 Å². The Morgan fingerprint density at radius 3 is 2.64 bits per heavy atom. The summed E-state index contributed by atoms with van der Waals surface area (Å²) in [5, 5.41) is 0. The second kappa shape index (κ2) is 5.98. The molecule has 1 atom stereocenters. The largest absolute Gasteiger partial charge is 0.460 e. The Hall–Kier alpha value is -0.620. The first-order valence-corrected chi connectivity index (χ1v) is 5.53. The Labute approximate surface area is 96.8 Å². The van der Waals surface area contributed by atoms with E-state index in [2.05, 4.69) is 0 Å². The fraction of sp³-hybridized carbons (Fsp3) is 0.300. The average Bonchev–Trinajstić information content (AvgIpc) is 2.26. The maximum atomic E-state index is 11.2. The van der Waals surface area contributed by atoms with Crippen molar-refractivity contribution in [2.75, 3.05) is 6.54 Å². The molecule has 0 saturated heterocycles. The molecule has 0 aliphatic rings. The van der Waals surface area contributed by atoms with Crippen molar-refractivity contribution in [3.05, 3.63) is 35.9 Å². The third-order valence-electron chi connectivity index (χ3n) is 1.69. The van der Waals surface area contributed by atoms with Crippen LogP contribution in [0, 0.1) is 0 Å². The lowest BCUT2D eigenvalue weighted by Gasteiger charge is -2.07. The molecule has 0 aromatic heterocycles. The Balaban J connectivity index is 2.38. The van der Waals surface area contributed by atoms with Gasteiger partial charge in [0, 0.05) is 6.54 Å². The number of rotatable bonds is 4. The van der Waals surface area contributed by atoms with Crippen LogP contribution in [0.25, 0.3) is 0 Å². The van der Waals surface area contributed by atoms with Gasteiger partial charge in [0.2, 0.25) is 0 Å². The highest BCUT2D eigenvalue weighted by Gasteiger charge is 2.13. The summed E-state index contributed by atoms with van der Waals surface area (Å²) in [6, 6.07) is 9.57. The molecule has 14 heavy (non-hydrogen) atoms. The van der Waals surface area contributed by atoms with Crippen molar-refractivity contribution in [2.24, 2.45) is 5.73 Å². The molecule has 0 amide bonds. The van der Waals surface area contributed by atoms with Gasteiger partial charge in [0.15, 0.2) is 0 Å². The van der Waals surface area contributed by atoms with Gasteiger partial charge in [-0.3, -0.25) is 4.79 Å². The smallest absolute Gasteiger partial charge is 0.320 e. The standard InChI is InChI=1S/C10H12INO2/c11-9(6-12)10(13)14-7-8-4-2-1-3-5-8/h1-5,9H,6-7,12H2. The molecule has 3 nitrogen and oxygen atoms in total. The highest BCUT2D eigenvalue weighted by atomic mass is 127. The maximum Gasteiger partial charge on any atom is 0.320 e. The van der Waals surface area contributed by atoms with E-state index in [9.17, 15) is 4.79 Å². The van der Waals surface area contributed by atoms with E-state index in [1.165, 1.54) is 0 Å². The topological polar surface area (TPSA) is 52.3 Å². The molecule has 4 heteroatoms. The van der Waals surface area contributed by atoms with Crippen molar-refractivity contribution >= 4 is 28.6 Å². The molecular weight excluding hydrogens is 293 g/mol. The van der Waals surface area contributed by atoms with E-state index in [-0.39, 0.29) is 9.89 Å². The Morgan fingerprint density at radius 2 is 2.07 bits per heavy atom. The SMILES string of the molecule is NCC(I)C(=O)OCc1ccccc1. The van der Waals surface area contributed by atoms with Crippen LogP contribution in [0.5, 0.6) is 0 Å². The number of hydrogen-bond donors (Lipinski definition) is 1. The van der Waals surface area contributed by atoms with Gasteiger partial charge in [0.25, 0.3) is 0 Å². The Kier molecular flexibility index (Phi) is 4.89. The minimum absolute atomic E-state index is 0.253. The molecule has 0 radical (unpaired) electrons. The first kappa shape index (κ1) is 11.5. The number of benzene rings is 1. The van der Waals surface area contributed by atoms with Crippen molar-refractivity contribution in [3.63, 3.8) is 0 Å². The Bertz CT molecular complexity index is 289. The summed E-state index contributed by atoms with van der Waals surface area (Å²) in [5.74, 6) is -0.253. The van der Waals surface area contributed by atoms with Gasteiger partial charge in [-0.05, 0) is 5.56 Å². The van der Waals surface area contributed by atoms with Gasteiger partial charge < -0.3 is 10.5 Å². The number of hydrogen-bond acceptors (Lipinski definition) is 3. The molecular formula is C10H12INO2. The highest BCUT2D eigenvalue weighted by molar-refractivity contribution is 14.1. The summed E-state index contributed by atoms with van der Waals surface area (Å²) in [6.07, 6.45) is 0. The fourth-order valence-electron chi connectivity index (χ4n) is 0.915. The van der Waals surface area contributed by atoms with Gasteiger partial charge in [-0.25, -0.2) is 0 Å². The van der Waals surface area contributed by atoms with Gasteiger partial charge in [-0.1, -0.05) is 52.9 Å². The molecule has 0 heterocycles. The van der Waals surface area contributed by atoms with E-state index in [4.69, 9.17) is 10.5 Å². The van der Waals surface area contributed by atoms with Crippen LogP contribution < -0.4 is 5.73 Å². The molecule has 1 rings (SSSR count). The van der Waals surface area contributed by atoms with Crippen LogP contribution >= 0.6 is 22.6 Å². The zero-order valence-electron chi connectivity index (χ0n) is 7.65. The van der Waals surface area contributed by atoms with Crippen LogP contribution in [-0.4, -0.2) is 16.4 Å². The zero-order valence-corrected chi connectivity index (χ0v) is 9.81. The minimum Gasteiger partial charge on any atom is -0.460 e. The molecule has 0 spiro atoms. The number of carbonyl (C=O) groups is 1. The molecule has 1 unspecified atom stereocenters. The molecule has 0 saturated carbocycles. The van der Waals surface area contributed by atoms with Crippen molar-refractivity contribution in [2.45, 2.75) is 10.5 Å². The fourth-order valence-corrected chi connectivity index (χ4v) is 1.10. The molecule has 0 bridgehead atoms. The second-order valence-corrected chi connectivity index (χ2v) is 4.30. The molecule has 76 valence electrons. The second-order valence-electron chi connectivity index (χ2n) is 2.80. The quantitative estimate of drug-likeness (QED) is 0.521. The minimum atomic E-state index is -0.253. The number of carbonyl (C=O) groups excluding carboxylic acids is 1. The number of alkyl halides is 1. The first-order chi connectivity index (χ1) is 6.74. The van der Waals surface area contributed by atoms with Crippen molar-refractivity contribution < 1.29 is 9.53 Å². The van der Waals surface area contributed by atoms with E-state index in [1.54, 1.807) is 0 Å². The lowest BCUT2D eigenvalue weighted by Crippen LogP contribution is -2.25. The van der Waals surface area contributed by atoms with Crippen LogP contribution in [-0.2, 0) is 16.1 Å². The normalized spacial score (nSPS) is 12.1. The molecule has 1 aromatic carbocycles. The van der Waals surface area contributed by atoms with Crippen molar-refractivity contribution in [1.82, 2.24) is 0 Å². The number of halogens is 1. The van der Waals surface area contributed by atoms with E-state index in [0.29, 0.717) is 13.2 Å². The van der Waals surface area contributed by atoms with Crippen LogP contribution in [0.15, 0.2) is 30.3 Å². The van der Waals surface area contributed by atoms with Crippen LogP contribution in [0.2, 0.25) is 0 Å². The third-order valence-corrected chi connectivity index (χ3v) is 2.70. The summed E-state index contributed by atoms with van der Waals surface area (Å²) < 4.78 is 4.80. The monoisotopic (exact) mass is 305 g/mol. The van der Waals surface area contributed by atoms with E-state index in [0.717, 1.165) is 5.56 Å². The lowest BCUT2D eigenvalue weighted by molar-refractivity contribution is -0.143. The van der Waals surface area contributed by atoms with Gasteiger partial charge in [-0.2, -0.15) is 0 Å². The first-order valence-electron chi connectivity index (χ1n) is 4.28. The van der Waals surface area contributed by atoms with Crippen LogP contribution in [0.1, 0.15) is 5.56 Å². The van der Waals surface area contributed by atoms with Gasteiger partial charge in [-0.15, -0.1) is 0 Å². The maximum absolute atomic E-state index is 11.2. The molecule has 1 aromatic rings. The van der Waals surface area contributed by atoms with E-state index < -0.39 is 0 Å². The average molecular weight is 305 g/mol. The van der Waals surface area contributed by atoms with Gasteiger partial charge in [0.05, 0.1) is 0 Å². The van der Waals surface area contributed by atoms with E-state index in [1.807, 2.05) is 52.9 Å². The summed E-state index contributed by atoms with van der Waals surface area (Å²) in [6.45, 7) is 0.632. The number of ether oxygens (including phenoxy) is 1.